The summed E-state index contributed by atoms with van der Waals surface area (Å²) < 4.78 is 29.6. The van der Waals surface area contributed by atoms with Crippen molar-refractivity contribution in [2.24, 2.45) is 0 Å². The fourth-order valence-corrected chi connectivity index (χ4v) is 8.82. The number of nitro groups is 1. The fourth-order valence-electron chi connectivity index (χ4n) is 6.62. The van der Waals surface area contributed by atoms with E-state index in [-0.39, 0.29) is 28.0 Å². The van der Waals surface area contributed by atoms with Gasteiger partial charge in [0, 0.05) is 71.9 Å². The Balaban J connectivity index is 1.06. The van der Waals surface area contributed by atoms with E-state index < -0.39 is 14.9 Å². The molecule has 6 rings (SSSR count). The van der Waals surface area contributed by atoms with Crippen LogP contribution in [0.1, 0.15) is 17.5 Å². The highest BCUT2D eigenvalue weighted by atomic mass is 35.5. The van der Waals surface area contributed by atoms with Crippen LogP contribution in [0.4, 0.5) is 17.1 Å². The van der Waals surface area contributed by atoms with Gasteiger partial charge in [0.2, 0.25) is 0 Å². The second kappa shape index (κ2) is 18.9. The molecule has 292 valence electrons. The topological polar surface area (TPSA) is 111 Å². The van der Waals surface area contributed by atoms with Crippen molar-refractivity contribution >= 4 is 56.1 Å². The molecule has 1 unspecified atom stereocenters. The summed E-state index contributed by atoms with van der Waals surface area (Å²) in [6.45, 7) is 9.10. The standard InChI is InChI=1S/C43H47ClN6O4S2/c1-32(33-15-19-38(20-16-33)49-27-25-48(26-28-49)30-35-9-7-8-12-41(35)34-13-17-36(44)18-14-34)46-56(53,54)40-21-22-42(43(29-40)50(51)52)45-37(23-24-47(2)3)31-55-39-10-5-4-6-11-39/h4-22,29,37,45-46H,1,23-28,30-31H2,2-3H3. The van der Waals surface area contributed by atoms with E-state index in [4.69, 9.17) is 11.6 Å². The third-order valence-electron chi connectivity index (χ3n) is 9.73. The van der Waals surface area contributed by atoms with Gasteiger partial charge >= 0.3 is 0 Å². The first-order chi connectivity index (χ1) is 26.9. The third kappa shape index (κ3) is 10.9. The van der Waals surface area contributed by atoms with Crippen LogP contribution in [-0.2, 0) is 16.6 Å². The second-order valence-electron chi connectivity index (χ2n) is 14.1. The fraction of sp³-hybridized carbons (Fsp3) is 0.256. The van der Waals surface area contributed by atoms with Crippen LogP contribution >= 0.6 is 23.4 Å². The van der Waals surface area contributed by atoms with Crippen molar-refractivity contribution < 1.29 is 13.3 Å². The van der Waals surface area contributed by atoms with Crippen LogP contribution in [0, 0.1) is 10.1 Å². The lowest BCUT2D eigenvalue weighted by Crippen LogP contribution is -2.46. The molecule has 1 heterocycles. The molecule has 1 fully saturated rings. The smallest absolute Gasteiger partial charge is 0.293 e. The summed E-state index contributed by atoms with van der Waals surface area (Å²) in [5, 5.41) is 16.3. The van der Waals surface area contributed by atoms with Crippen LogP contribution in [0.25, 0.3) is 16.8 Å². The Bertz CT molecular complexity index is 2210. The van der Waals surface area contributed by atoms with Gasteiger partial charge in [0.1, 0.15) is 5.69 Å². The maximum Gasteiger partial charge on any atom is 0.293 e. The molecule has 0 bridgehead atoms. The van der Waals surface area contributed by atoms with Gasteiger partial charge in [-0.1, -0.05) is 84.9 Å². The van der Waals surface area contributed by atoms with Gasteiger partial charge in [-0.15, -0.1) is 11.8 Å². The van der Waals surface area contributed by atoms with Gasteiger partial charge < -0.3 is 15.1 Å². The number of hydrogen-bond donors (Lipinski definition) is 2. The van der Waals surface area contributed by atoms with Crippen molar-refractivity contribution in [2.75, 3.05) is 62.8 Å². The van der Waals surface area contributed by atoms with E-state index in [1.165, 1.54) is 23.3 Å². The lowest BCUT2D eigenvalue weighted by molar-refractivity contribution is -0.384. The Morgan fingerprint density at radius 3 is 2.27 bits per heavy atom. The van der Waals surface area contributed by atoms with E-state index in [9.17, 15) is 18.5 Å². The molecule has 56 heavy (non-hydrogen) atoms. The van der Waals surface area contributed by atoms with E-state index in [1.807, 2.05) is 80.8 Å². The summed E-state index contributed by atoms with van der Waals surface area (Å²) >= 11 is 7.79. The summed E-state index contributed by atoms with van der Waals surface area (Å²) in [4.78, 5) is 19.4. The highest BCUT2D eigenvalue weighted by Crippen LogP contribution is 2.31. The minimum atomic E-state index is -4.18. The Morgan fingerprint density at radius 2 is 1.59 bits per heavy atom. The van der Waals surface area contributed by atoms with Gasteiger partial charge in [0.05, 0.1) is 9.82 Å². The first kappa shape index (κ1) is 40.8. The molecule has 1 atom stereocenters. The molecule has 5 aromatic rings. The van der Waals surface area contributed by atoms with Crippen LogP contribution < -0.4 is 14.9 Å². The van der Waals surface area contributed by atoms with Gasteiger partial charge in [-0.25, -0.2) is 8.42 Å². The molecule has 1 aliphatic heterocycles. The molecule has 5 aromatic carbocycles. The molecular formula is C43H47ClN6O4S2. The average Bonchev–Trinajstić information content (AvgIpc) is 3.20. The zero-order valence-electron chi connectivity index (χ0n) is 31.6. The van der Waals surface area contributed by atoms with Gasteiger partial charge in [0.15, 0.2) is 0 Å². The van der Waals surface area contributed by atoms with E-state index in [1.54, 1.807) is 11.8 Å². The lowest BCUT2D eigenvalue weighted by atomic mass is 9.99. The number of nitro benzene ring substituents is 1. The summed E-state index contributed by atoms with van der Waals surface area (Å²) in [7, 11) is -0.218. The van der Waals surface area contributed by atoms with Gasteiger partial charge in [-0.2, -0.15) is 0 Å². The minimum Gasteiger partial charge on any atom is -0.376 e. The number of halogens is 1. The summed E-state index contributed by atoms with van der Waals surface area (Å²) in [5.74, 6) is 0.673. The molecule has 0 radical (unpaired) electrons. The maximum atomic E-state index is 13.5. The van der Waals surface area contributed by atoms with Crippen LogP contribution in [0.2, 0.25) is 5.02 Å². The quantitative estimate of drug-likeness (QED) is 0.0542. The van der Waals surface area contributed by atoms with E-state index in [0.717, 1.165) is 72.9 Å². The average molecular weight is 811 g/mol. The predicted octanol–water partition coefficient (Wildman–Crippen LogP) is 8.71. The Labute approximate surface area is 339 Å². The molecule has 10 nitrogen and oxygen atoms in total. The Hall–Kier alpha value is -4.85. The minimum absolute atomic E-state index is 0.100. The van der Waals surface area contributed by atoms with Crippen molar-refractivity contribution in [2.45, 2.75) is 28.8 Å². The number of nitrogens with one attached hydrogen (secondary N) is 2. The van der Waals surface area contributed by atoms with Gasteiger partial charge in [0.25, 0.3) is 15.7 Å². The highest BCUT2D eigenvalue weighted by Gasteiger charge is 2.25. The van der Waals surface area contributed by atoms with Gasteiger partial charge in [-0.05, 0) is 97.8 Å². The van der Waals surface area contributed by atoms with Crippen LogP contribution in [0.3, 0.4) is 0 Å². The highest BCUT2D eigenvalue weighted by molar-refractivity contribution is 7.99. The van der Waals surface area contributed by atoms with Crippen molar-refractivity contribution in [1.29, 1.82) is 0 Å². The largest absolute Gasteiger partial charge is 0.376 e. The SMILES string of the molecule is C=C(NS(=O)(=O)c1ccc(NC(CCN(C)C)CSc2ccccc2)c([N+](=O)[O-])c1)c1ccc(N2CCN(Cc3ccccc3-c3ccc(Cl)cc3)CC2)cc1. The molecule has 0 saturated carbocycles. The summed E-state index contributed by atoms with van der Waals surface area (Å²) in [6, 6.07) is 37.9. The Morgan fingerprint density at radius 1 is 0.911 bits per heavy atom. The summed E-state index contributed by atoms with van der Waals surface area (Å²) in [6.07, 6.45) is 0.737. The number of benzene rings is 5. The predicted molar refractivity (Wildman–Crippen MR) is 231 cm³/mol. The first-order valence-electron chi connectivity index (χ1n) is 18.5. The maximum absolute atomic E-state index is 13.5. The molecule has 0 aromatic heterocycles. The van der Waals surface area contributed by atoms with E-state index >= 15 is 0 Å². The zero-order chi connectivity index (χ0) is 39.7. The molecule has 2 N–H and O–H groups in total. The summed E-state index contributed by atoms with van der Waals surface area (Å²) in [5.41, 5.74) is 5.39. The number of rotatable bonds is 17. The monoisotopic (exact) mass is 810 g/mol. The third-order valence-corrected chi connectivity index (χ3v) is 12.5. The molecule has 1 aliphatic rings. The molecule has 0 aliphatic carbocycles. The lowest BCUT2D eigenvalue weighted by Gasteiger charge is -2.36. The number of nitrogens with zero attached hydrogens (tertiary/aromatic N) is 4. The van der Waals surface area contributed by atoms with E-state index in [2.05, 4.69) is 67.7 Å². The van der Waals surface area contributed by atoms with Crippen molar-refractivity contribution in [1.82, 2.24) is 14.5 Å². The Kier molecular flexibility index (Phi) is 13.7. The molecule has 0 spiro atoms. The van der Waals surface area contributed by atoms with Crippen LogP contribution in [-0.4, -0.2) is 81.8 Å². The van der Waals surface area contributed by atoms with Crippen molar-refractivity contribution in [3.8, 4) is 11.1 Å². The second-order valence-corrected chi connectivity index (χ2v) is 17.3. The molecule has 1 saturated heterocycles. The first-order valence-corrected chi connectivity index (χ1v) is 21.3. The number of piperazine rings is 1. The van der Waals surface area contributed by atoms with Crippen molar-refractivity contribution in [3.05, 3.63) is 154 Å². The number of thioether (sulfide) groups is 1. The van der Waals surface area contributed by atoms with Crippen LogP contribution in [0.15, 0.2) is 138 Å². The van der Waals surface area contributed by atoms with Crippen molar-refractivity contribution in [3.63, 3.8) is 0 Å². The number of sulfonamides is 1. The molecule has 13 heteroatoms. The number of hydrogen-bond acceptors (Lipinski definition) is 9. The van der Waals surface area contributed by atoms with Gasteiger partial charge in [-0.3, -0.25) is 19.7 Å². The molecule has 0 amide bonds. The number of anilines is 2. The van der Waals surface area contributed by atoms with Crippen LogP contribution in [0.5, 0.6) is 0 Å². The molecular weight excluding hydrogens is 764 g/mol. The van der Waals surface area contributed by atoms with E-state index in [0.29, 0.717) is 11.3 Å². The normalized spacial score (nSPS) is 14.0. The zero-order valence-corrected chi connectivity index (χ0v) is 34.0.